The van der Waals surface area contributed by atoms with E-state index in [1.807, 2.05) is 11.0 Å². The van der Waals surface area contributed by atoms with Gasteiger partial charge in [0.1, 0.15) is 0 Å². The first-order chi connectivity index (χ1) is 13.2. The van der Waals surface area contributed by atoms with Gasteiger partial charge in [-0.3, -0.25) is 4.79 Å². The van der Waals surface area contributed by atoms with Crippen molar-refractivity contribution >= 4 is 23.6 Å². The smallest absolute Gasteiger partial charge is 0.247 e. The molecule has 0 spiro atoms. The van der Waals surface area contributed by atoms with E-state index in [0.717, 1.165) is 51.0 Å². The van der Waals surface area contributed by atoms with Gasteiger partial charge in [-0.15, -0.1) is 5.10 Å². The van der Waals surface area contributed by atoms with E-state index in [2.05, 4.69) is 34.9 Å². The van der Waals surface area contributed by atoms with E-state index in [-0.39, 0.29) is 5.91 Å². The highest BCUT2D eigenvalue weighted by Gasteiger charge is 2.23. The molecule has 0 unspecified atom stereocenters. The molecule has 0 aliphatic carbocycles. The molecule has 142 valence electrons. The fraction of sp³-hybridized carbons (Fsp3) is 0.529. The van der Waals surface area contributed by atoms with E-state index in [1.165, 1.54) is 0 Å². The van der Waals surface area contributed by atoms with Crippen LogP contribution in [-0.4, -0.2) is 88.3 Å². The van der Waals surface area contributed by atoms with Gasteiger partial charge < -0.3 is 19.6 Å². The molecule has 0 saturated carbocycles. The van der Waals surface area contributed by atoms with Crippen LogP contribution >= 0.6 is 0 Å². The lowest BCUT2D eigenvalue weighted by molar-refractivity contribution is -0.129. The molecular formula is C17H23N9O. The normalized spacial score (nSPS) is 18.0. The van der Waals surface area contributed by atoms with Gasteiger partial charge in [-0.1, -0.05) is 0 Å². The third kappa shape index (κ3) is 3.88. The van der Waals surface area contributed by atoms with Gasteiger partial charge in [-0.05, 0) is 6.07 Å². The topological polar surface area (TPSA) is 94.5 Å². The summed E-state index contributed by atoms with van der Waals surface area (Å²) >= 11 is 0. The summed E-state index contributed by atoms with van der Waals surface area (Å²) in [5.41, 5.74) is 0. The molecule has 0 radical (unpaired) electrons. The summed E-state index contributed by atoms with van der Waals surface area (Å²) in [6, 6.07) is 1.82. The second-order valence-electron chi connectivity index (χ2n) is 6.63. The Labute approximate surface area is 157 Å². The molecule has 2 aromatic heterocycles. The Morgan fingerprint density at radius 1 is 0.852 bits per heavy atom. The number of amides is 1. The first kappa shape index (κ1) is 17.4. The van der Waals surface area contributed by atoms with E-state index < -0.39 is 0 Å². The highest BCUT2D eigenvalue weighted by Crippen LogP contribution is 2.18. The average molecular weight is 369 g/mol. The van der Waals surface area contributed by atoms with Crippen LogP contribution in [-0.2, 0) is 4.79 Å². The highest BCUT2D eigenvalue weighted by molar-refractivity contribution is 5.73. The first-order valence-corrected chi connectivity index (χ1v) is 9.18. The van der Waals surface area contributed by atoms with Crippen molar-refractivity contribution in [1.82, 2.24) is 30.0 Å². The van der Waals surface area contributed by atoms with Gasteiger partial charge >= 0.3 is 0 Å². The Kier molecular flexibility index (Phi) is 4.95. The number of carbonyl (C=O) groups is 1. The summed E-state index contributed by atoms with van der Waals surface area (Å²) < 4.78 is 0. The Bertz CT molecular complexity index is 771. The predicted molar refractivity (Wildman–Crippen MR) is 101 cm³/mol. The predicted octanol–water partition coefficient (Wildman–Crippen LogP) is -0.343. The lowest BCUT2D eigenvalue weighted by Crippen LogP contribution is -2.49. The molecule has 0 atom stereocenters. The second-order valence-corrected chi connectivity index (χ2v) is 6.63. The third-order valence-corrected chi connectivity index (χ3v) is 4.98. The van der Waals surface area contributed by atoms with Gasteiger partial charge in [0.15, 0.2) is 5.82 Å². The second kappa shape index (κ2) is 7.68. The van der Waals surface area contributed by atoms with Crippen molar-refractivity contribution in [1.29, 1.82) is 0 Å². The van der Waals surface area contributed by atoms with Gasteiger partial charge in [0.25, 0.3) is 0 Å². The highest BCUT2D eigenvalue weighted by atomic mass is 16.2. The monoisotopic (exact) mass is 369 g/mol. The van der Waals surface area contributed by atoms with Crippen LogP contribution in [0.3, 0.4) is 0 Å². The van der Waals surface area contributed by atoms with Crippen molar-refractivity contribution in [2.45, 2.75) is 6.92 Å². The molecule has 10 nitrogen and oxygen atoms in total. The Morgan fingerprint density at radius 2 is 1.44 bits per heavy atom. The van der Waals surface area contributed by atoms with Crippen molar-refractivity contribution in [3.8, 4) is 0 Å². The van der Waals surface area contributed by atoms with Crippen LogP contribution in [0.5, 0.6) is 0 Å². The molecule has 27 heavy (non-hydrogen) atoms. The summed E-state index contributed by atoms with van der Waals surface area (Å²) in [6.45, 7) is 7.77. The molecule has 2 aliphatic heterocycles. The van der Waals surface area contributed by atoms with E-state index in [0.29, 0.717) is 19.0 Å². The number of anilines is 3. The minimum absolute atomic E-state index is 0.122. The van der Waals surface area contributed by atoms with Gasteiger partial charge in [0, 0.05) is 71.7 Å². The molecule has 2 saturated heterocycles. The minimum Gasteiger partial charge on any atom is -0.352 e. The molecule has 2 aromatic rings. The fourth-order valence-corrected chi connectivity index (χ4v) is 3.38. The van der Waals surface area contributed by atoms with Crippen LogP contribution in [0.15, 0.2) is 24.7 Å². The molecule has 2 aliphatic rings. The summed E-state index contributed by atoms with van der Waals surface area (Å²) in [5.74, 6) is 2.34. The Morgan fingerprint density at radius 3 is 2.07 bits per heavy atom. The van der Waals surface area contributed by atoms with Crippen LogP contribution in [0.2, 0.25) is 0 Å². The summed E-state index contributed by atoms with van der Waals surface area (Å²) in [7, 11) is 0. The number of hydrogen-bond acceptors (Lipinski definition) is 9. The molecule has 4 heterocycles. The summed E-state index contributed by atoms with van der Waals surface area (Å²) in [4.78, 5) is 33.1. The van der Waals surface area contributed by atoms with Crippen LogP contribution in [0, 0.1) is 0 Å². The zero-order chi connectivity index (χ0) is 18.6. The van der Waals surface area contributed by atoms with Crippen LogP contribution < -0.4 is 14.7 Å². The standard InChI is InChI=1S/C17H23N9O/c1-14(27)23-5-7-24(8-6-23)15-13-20-22-17(21-15)26-11-9-25(10-12-26)16-18-3-2-4-19-16/h2-4,13H,5-12H2,1H3. The lowest BCUT2D eigenvalue weighted by Gasteiger charge is -2.36. The molecular weight excluding hydrogens is 346 g/mol. The largest absolute Gasteiger partial charge is 0.352 e. The number of aromatic nitrogens is 5. The first-order valence-electron chi connectivity index (χ1n) is 9.18. The fourth-order valence-electron chi connectivity index (χ4n) is 3.38. The van der Waals surface area contributed by atoms with Crippen molar-refractivity contribution in [2.75, 3.05) is 67.1 Å². The van der Waals surface area contributed by atoms with Crippen LogP contribution in [0.1, 0.15) is 6.92 Å². The van der Waals surface area contributed by atoms with Crippen LogP contribution in [0.25, 0.3) is 0 Å². The maximum absolute atomic E-state index is 11.5. The molecule has 10 heteroatoms. The Hall–Kier alpha value is -3.04. The minimum atomic E-state index is 0.122. The number of hydrogen-bond donors (Lipinski definition) is 0. The van der Waals surface area contributed by atoms with E-state index >= 15 is 0 Å². The van der Waals surface area contributed by atoms with Crippen molar-refractivity contribution in [3.63, 3.8) is 0 Å². The van der Waals surface area contributed by atoms with Gasteiger partial charge in [0.05, 0.1) is 6.20 Å². The quantitative estimate of drug-likeness (QED) is 0.720. The van der Waals surface area contributed by atoms with Crippen molar-refractivity contribution in [2.24, 2.45) is 0 Å². The van der Waals surface area contributed by atoms with Gasteiger partial charge in [0.2, 0.25) is 17.8 Å². The SMILES string of the molecule is CC(=O)N1CCN(c2cnnc(N3CCN(c4ncccn4)CC3)n2)CC1. The molecule has 1 amide bonds. The average Bonchev–Trinajstić information content (AvgIpc) is 2.75. The number of piperazine rings is 2. The third-order valence-electron chi connectivity index (χ3n) is 4.98. The number of rotatable bonds is 3. The zero-order valence-electron chi connectivity index (χ0n) is 15.4. The molecule has 4 rings (SSSR count). The maximum atomic E-state index is 11.5. The van der Waals surface area contributed by atoms with Gasteiger partial charge in [-0.2, -0.15) is 10.1 Å². The van der Waals surface area contributed by atoms with Crippen molar-refractivity contribution < 1.29 is 4.79 Å². The van der Waals surface area contributed by atoms with E-state index in [4.69, 9.17) is 4.98 Å². The van der Waals surface area contributed by atoms with E-state index in [9.17, 15) is 4.79 Å². The molecule has 0 aromatic carbocycles. The summed E-state index contributed by atoms with van der Waals surface area (Å²) in [6.07, 6.45) is 5.22. The number of nitrogens with zero attached hydrogens (tertiary/aromatic N) is 9. The van der Waals surface area contributed by atoms with Crippen molar-refractivity contribution in [3.05, 3.63) is 24.7 Å². The number of carbonyl (C=O) groups excluding carboxylic acids is 1. The molecule has 2 fully saturated rings. The zero-order valence-corrected chi connectivity index (χ0v) is 15.4. The molecule has 0 bridgehead atoms. The molecule has 0 N–H and O–H groups in total. The lowest BCUT2D eigenvalue weighted by atomic mass is 10.3. The maximum Gasteiger partial charge on any atom is 0.247 e. The van der Waals surface area contributed by atoms with Crippen LogP contribution in [0.4, 0.5) is 17.7 Å². The Balaban J connectivity index is 1.38. The van der Waals surface area contributed by atoms with E-state index in [1.54, 1.807) is 25.5 Å². The summed E-state index contributed by atoms with van der Waals surface area (Å²) in [5, 5.41) is 8.37. The van der Waals surface area contributed by atoms with Gasteiger partial charge in [-0.25, -0.2) is 9.97 Å².